The molecule has 1 aromatic carbocycles. The number of carbonyl (C=O) groups is 1. The summed E-state index contributed by atoms with van der Waals surface area (Å²) in [7, 11) is 0. The fourth-order valence-electron chi connectivity index (χ4n) is 0.867. The van der Waals surface area contributed by atoms with Crippen molar-refractivity contribution in [3.05, 3.63) is 34.9 Å². The number of benzene rings is 1. The molecule has 0 saturated heterocycles. The minimum atomic E-state index is -1.18. The molecule has 1 aromatic rings. The molecule has 0 aromatic heterocycles. The highest BCUT2D eigenvalue weighted by Gasteiger charge is 2.15. The van der Waals surface area contributed by atoms with Crippen LogP contribution in [-0.4, -0.2) is 5.78 Å². The monoisotopic (exact) mass is 192 g/mol. The minimum Gasteiger partial charge on any atom is -0.277 e. The molecule has 0 aliphatic carbocycles. The minimum absolute atomic E-state index is 0.503. The van der Waals surface area contributed by atoms with Crippen LogP contribution < -0.4 is 0 Å². The zero-order chi connectivity index (χ0) is 10.7. The molecule has 0 amide bonds. The van der Waals surface area contributed by atoms with Gasteiger partial charge in [0.25, 0.3) is 5.78 Å². The van der Waals surface area contributed by atoms with Crippen molar-refractivity contribution in [2.24, 2.45) is 0 Å². The molecule has 14 heavy (non-hydrogen) atoms. The average Bonchev–Trinajstić information content (AvgIpc) is 2.19. The first kappa shape index (κ1) is 9.82. The standard InChI is InChI=1S/C9H2F2N2O/c10-7-2-6(9(14)4-13)8(11)1-5(7)3-12/h1-2H. The fraction of sp³-hybridized carbons (Fsp3) is 0. The molecular weight excluding hydrogens is 190 g/mol. The molecule has 0 atom stereocenters. The summed E-state index contributed by atoms with van der Waals surface area (Å²) in [6.45, 7) is 0. The summed E-state index contributed by atoms with van der Waals surface area (Å²) in [4.78, 5) is 10.7. The van der Waals surface area contributed by atoms with Gasteiger partial charge < -0.3 is 0 Å². The molecule has 1 rings (SSSR count). The van der Waals surface area contributed by atoms with Crippen LogP contribution >= 0.6 is 0 Å². The zero-order valence-corrected chi connectivity index (χ0v) is 6.71. The lowest BCUT2D eigenvalue weighted by atomic mass is 10.1. The van der Waals surface area contributed by atoms with Crippen LogP contribution in [0.5, 0.6) is 0 Å². The SMILES string of the molecule is N#CC(=O)c1cc(F)c(C#N)cc1F. The van der Waals surface area contributed by atoms with Gasteiger partial charge in [-0.1, -0.05) is 0 Å². The van der Waals surface area contributed by atoms with E-state index in [0.29, 0.717) is 12.1 Å². The number of carbonyl (C=O) groups excluding carboxylic acids is 1. The molecule has 0 heterocycles. The van der Waals surface area contributed by atoms with Gasteiger partial charge in [-0.2, -0.15) is 10.5 Å². The van der Waals surface area contributed by atoms with E-state index in [1.807, 2.05) is 0 Å². The number of ketones is 1. The molecule has 68 valence electrons. The summed E-state index contributed by atoms with van der Waals surface area (Å²) in [6.07, 6.45) is 0. The largest absolute Gasteiger partial charge is 0.277 e. The molecule has 0 fully saturated rings. The van der Waals surface area contributed by atoms with Gasteiger partial charge >= 0.3 is 0 Å². The van der Waals surface area contributed by atoms with E-state index in [9.17, 15) is 13.6 Å². The van der Waals surface area contributed by atoms with E-state index in [4.69, 9.17) is 10.5 Å². The third kappa shape index (κ3) is 1.57. The van der Waals surface area contributed by atoms with Crippen molar-refractivity contribution in [1.82, 2.24) is 0 Å². The topological polar surface area (TPSA) is 64.7 Å². The van der Waals surface area contributed by atoms with Gasteiger partial charge in [-0.15, -0.1) is 0 Å². The molecule has 5 heteroatoms. The molecule has 0 bridgehead atoms. The normalized spacial score (nSPS) is 8.86. The quantitative estimate of drug-likeness (QED) is 0.500. The van der Waals surface area contributed by atoms with Crippen molar-refractivity contribution in [2.45, 2.75) is 0 Å². The molecule has 0 unspecified atom stereocenters. The van der Waals surface area contributed by atoms with E-state index in [1.54, 1.807) is 0 Å². The van der Waals surface area contributed by atoms with Crippen LogP contribution in [0.25, 0.3) is 0 Å². The van der Waals surface area contributed by atoms with Gasteiger partial charge in [0, 0.05) is 0 Å². The van der Waals surface area contributed by atoms with Crippen molar-refractivity contribution in [3.63, 3.8) is 0 Å². The van der Waals surface area contributed by atoms with Gasteiger partial charge in [0.15, 0.2) is 0 Å². The van der Waals surface area contributed by atoms with E-state index in [2.05, 4.69) is 0 Å². The lowest BCUT2D eigenvalue weighted by Crippen LogP contribution is -2.01. The van der Waals surface area contributed by atoms with Gasteiger partial charge in [0.2, 0.25) is 0 Å². The third-order valence-corrected chi connectivity index (χ3v) is 1.52. The Kier molecular flexibility index (Phi) is 2.54. The van der Waals surface area contributed by atoms with E-state index in [1.165, 1.54) is 6.07 Å². The molecular formula is C9H2F2N2O. The van der Waals surface area contributed by atoms with Crippen LogP contribution in [0.1, 0.15) is 15.9 Å². The molecule has 0 radical (unpaired) electrons. The third-order valence-electron chi connectivity index (χ3n) is 1.52. The second kappa shape index (κ2) is 3.63. The Morgan fingerprint density at radius 1 is 1.21 bits per heavy atom. The highest BCUT2D eigenvalue weighted by molar-refractivity contribution is 6.07. The Balaban J connectivity index is 3.40. The summed E-state index contributed by atoms with van der Waals surface area (Å²) in [5, 5.41) is 16.5. The molecule has 0 saturated carbocycles. The number of rotatable bonds is 1. The van der Waals surface area contributed by atoms with Crippen molar-refractivity contribution < 1.29 is 13.6 Å². The van der Waals surface area contributed by atoms with Gasteiger partial charge in [-0.05, 0) is 12.1 Å². The van der Waals surface area contributed by atoms with Crippen molar-refractivity contribution >= 4 is 5.78 Å². The van der Waals surface area contributed by atoms with Crippen LogP contribution in [0, 0.1) is 34.3 Å². The van der Waals surface area contributed by atoms with Crippen molar-refractivity contribution in [3.8, 4) is 12.1 Å². The predicted octanol–water partition coefficient (Wildman–Crippen LogP) is 1.54. The van der Waals surface area contributed by atoms with Crippen LogP contribution in [0.15, 0.2) is 12.1 Å². The first-order chi connectivity index (χ1) is 6.60. The average molecular weight is 192 g/mol. The lowest BCUT2D eigenvalue weighted by molar-refractivity contribution is 0.105. The van der Waals surface area contributed by atoms with E-state index < -0.39 is 28.5 Å². The maximum Gasteiger partial charge on any atom is 0.265 e. The summed E-state index contributed by atoms with van der Waals surface area (Å²) < 4.78 is 25.8. The first-order valence-electron chi connectivity index (χ1n) is 3.43. The van der Waals surface area contributed by atoms with E-state index >= 15 is 0 Å². The summed E-state index contributed by atoms with van der Waals surface area (Å²) in [6, 6.07) is 3.69. The number of nitrogens with zero attached hydrogens (tertiary/aromatic N) is 2. The molecule has 0 aliphatic rings. The van der Waals surface area contributed by atoms with Crippen LogP contribution in [0.3, 0.4) is 0 Å². The van der Waals surface area contributed by atoms with Crippen LogP contribution in [0.4, 0.5) is 8.78 Å². The van der Waals surface area contributed by atoms with Crippen molar-refractivity contribution in [2.75, 3.05) is 0 Å². The van der Waals surface area contributed by atoms with E-state index in [0.717, 1.165) is 6.07 Å². The van der Waals surface area contributed by atoms with Gasteiger partial charge in [-0.25, -0.2) is 8.78 Å². The summed E-state index contributed by atoms with van der Waals surface area (Å²) in [5.74, 6) is -3.27. The zero-order valence-electron chi connectivity index (χ0n) is 6.71. The molecule has 0 spiro atoms. The Hall–Kier alpha value is -2.27. The van der Waals surface area contributed by atoms with Gasteiger partial charge in [-0.3, -0.25) is 4.79 Å². The highest BCUT2D eigenvalue weighted by atomic mass is 19.1. The van der Waals surface area contributed by atoms with Gasteiger partial charge in [0.05, 0.1) is 11.1 Å². The molecule has 3 nitrogen and oxygen atoms in total. The number of hydrogen-bond donors (Lipinski definition) is 0. The number of nitriles is 2. The smallest absolute Gasteiger partial charge is 0.265 e. The van der Waals surface area contributed by atoms with E-state index in [-0.39, 0.29) is 0 Å². The predicted molar refractivity (Wildman–Crippen MR) is 41.0 cm³/mol. The Bertz CT molecular complexity index is 483. The van der Waals surface area contributed by atoms with Crippen molar-refractivity contribution in [1.29, 1.82) is 10.5 Å². The van der Waals surface area contributed by atoms with Crippen LogP contribution in [0.2, 0.25) is 0 Å². The summed E-state index contributed by atoms with van der Waals surface area (Å²) in [5.41, 5.74) is -1.17. The number of hydrogen-bond acceptors (Lipinski definition) is 3. The Labute approximate surface area is 77.8 Å². The molecule has 0 N–H and O–H groups in total. The first-order valence-corrected chi connectivity index (χ1v) is 3.43. The van der Waals surface area contributed by atoms with Crippen LogP contribution in [-0.2, 0) is 0 Å². The fourth-order valence-corrected chi connectivity index (χ4v) is 0.867. The van der Waals surface area contributed by atoms with Gasteiger partial charge in [0.1, 0.15) is 23.8 Å². The highest BCUT2D eigenvalue weighted by Crippen LogP contribution is 2.14. The Morgan fingerprint density at radius 3 is 2.36 bits per heavy atom. The lowest BCUT2D eigenvalue weighted by Gasteiger charge is -1.98. The maximum atomic E-state index is 13.0. The second-order valence-corrected chi connectivity index (χ2v) is 2.36. The maximum absolute atomic E-state index is 13.0. The Morgan fingerprint density at radius 2 is 1.86 bits per heavy atom. The molecule has 0 aliphatic heterocycles. The number of halogens is 2. The second-order valence-electron chi connectivity index (χ2n) is 2.36. The number of Topliss-reactive ketones (excluding diaryl/α,β-unsaturated/α-hetero) is 1. The summed E-state index contributed by atoms with van der Waals surface area (Å²) >= 11 is 0.